The largest absolute Gasteiger partial charge is 0.319 e. The molecule has 0 aliphatic heterocycles. The summed E-state index contributed by atoms with van der Waals surface area (Å²) in [6.07, 6.45) is 11.6. The van der Waals surface area contributed by atoms with Gasteiger partial charge in [0.2, 0.25) is 5.78 Å². The van der Waals surface area contributed by atoms with Gasteiger partial charge in [-0.2, -0.15) is 0 Å². The van der Waals surface area contributed by atoms with Crippen molar-refractivity contribution in [3.05, 3.63) is 83.7 Å². The van der Waals surface area contributed by atoms with E-state index in [1.807, 2.05) is 41.9 Å². The van der Waals surface area contributed by atoms with Crippen LogP contribution in [0.15, 0.2) is 61.1 Å². The highest BCUT2D eigenvalue weighted by Gasteiger charge is 2.20. The van der Waals surface area contributed by atoms with E-state index in [9.17, 15) is 9.18 Å². The second kappa shape index (κ2) is 8.54. The quantitative estimate of drug-likeness (QED) is 0.424. The SMILES string of the molecule is Cc1c(C(=O)Nc2cnc3ncc(C4CCCCC4)n3c2)cccc1-c1cccc(F)c1. The number of amides is 1. The molecule has 162 valence electrons. The summed E-state index contributed by atoms with van der Waals surface area (Å²) in [7, 11) is 0. The van der Waals surface area contributed by atoms with Crippen molar-refractivity contribution < 1.29 is 9.18 Å². The van der Waals surface area contributed by atoms with Crippen LogP contribution < -0.4 is 5.32 Å². The van der Waals surface area contributed by atoms with E-state index in [2.05, 4.69) is 15.3 Å². The lowest BCUT2D eigenvalue weighted by atomic mass is 9.87. The van der Waals surface area contributed by atoms with Crippen LogP contribution in [0.3, 0.4) is 0 Å². The van der Waals surface area contributed by atoms with Crippen LogP contribution >= 0.6 is 0 Å². The van der Waals surface area contributed by atoms with Gasteiger partial charge in [-0.3, -0.25) is 9.20 Å². The first kappa shape index (κ1) is 20.4. The van der Waals surface area contributed by atoms with E-state index in [1.165, 1.54) is 31.4 Å². The lowest BCUT2D eigenvalue weighted by Crippen LogP contribution is -2.15. The molecule has 0 atom stereocenters. The summed E-state index contributed by atoms with van der Waals surface area (Å²) in [6.45, 7) is 1.88. The van der Waals surface area contributed by atoms with E-state index < -0.39 is 0 Å². The van der Waals surface area contributed by atoms with Crippen molar-refractivity contribution >= 4 is 17.4 Å². The zero-order valence-corrected chi connectivity index (χ0v) is 18.0. The lowest BCUT2D eigenvalue weighted by molar-refractivity contribution is 0.102. The number of benzene rings is 2. The minimum atomic E-state index is -0.301. The fourth-order valence-corrected chi connectivity index (χ4v) is 4.71. The van der Waals surface area contributed by atoms with Gasteiger partial charge in [-0.05, 0) is 54.7 Å². The molecule has 6 heteroatoms. The number of halogens is 1. The number of rotatable bonds is 4. The summed E-state index contributed by atoms with van der Waals surface area (Å²) in [6, 6.07) is 11.9. The molecule has 2 aromatic heterocycles. The molecular weight excluding hydrogens is 403 g/mol. The minimum Gasteiger partial charge on any atom is -0.319 e. The van der Waals surface area contributed by atoms with Gasteiger partial charge in [-0.15, -0.1) is 0 Å². The van der Waals surface area contributed by atoms with E-state index in [-0.39, 0.29) is 11.7 Å². The molecule has 0 saturated heterocycles. The number of hydrogen-bond donors (Lipinski definition) is 1. The average Bonchev–Trinajstić information content (AvgIpc) is 3.23. The molecule has 1 amide bonds. The Morgan fingerprint density at radius 3 is 2.66 bits per heavy atom. The third-order valence-corrected chi connectivity index (χ3v) is 6.39. The number of carbonyl (C=O) groups is 1. The van der Waals surface area contributed by atoms with Crippen molar-refractivity contribution in [2.24, 2.45) is 0 Å². The summed E-state index contributed by atoms with van der Waals surface area (Å²) in [5.41, 5.74) is 4.71. The monoisotopic (exact) mass is 428 g/mol. The van der Waals surface area contributed by atoms with Crippen LogP contribution in [0.4, 0.5) is 10.1 Å². The summed E-state index contributed by atoms with van der Waals surface area (Å²) < 4.78 is 15.7. The van der Waals surface area contributed by atoms with Gasteiger partial charge in [0.15, 0.2) is 0 Å². The Morgan fingerprint density at radius 2 is 1.84 bits per heavy atom. The van der Waals surface area contributed by atoms with Gasteiger partial charge in [-0.25, -0.2) is 14.4 Å². The Balaban J connectivity index is 1.43. The molecule has 4 aromatic rings. The molecule has 0 radical (unpaired) electrons. The first-order chi connectivity index (χ1) is 15.6. The third kappa shape index (κ3) is 3.88. The van der Waals surface area contributed by atoms with Gasteiger partial charge in [0.05, 0.1) is 18.1 Å². The molecule has 0 spiro atoms. The van der Waals surface area contributed by atoms with Crippen molar-refractivity contribution in [3.63, 3.8) is 0 Å². The highest BCUT2D eigenvalue weighted by molar-refractivity contribution is 6.06. The predicted octanol–water partition coefficient (Wildman–Crippen LogP) is 6.14. The van der Waals surface area contributed by atoms with Crippen molar-refractivity contribution in [2.45, 2.75) is 44.9 Å². The van der Waals surface area contributed by atoms with Crippen LogP contribution in [0.25, 0.3) is 16.9 Å². The highest BCUT2D eigenvalue weighted by Crippen LogP contribution is 2.33. The van der Waals surface area contributed by atoms with Crippen molar-refractivity contribution in [3.8, 4) is 11.1 Å². The van der Waals surface area contributed by atoms with Gasteiger partial charge in [-0.1, -0.05) is 43.5 Å². The van der Waals surface area contributed by atoms with Crippen LogP contribution in [0, 0.1) is 12.7 Å². The number of nitrogens with zero attached hydrogens (tertiary/aromatic N) is 3. The number of hydrogen-bond acceptors (Lipinski definition) is 3. The highest BCUT2D eigenvalue weighted by atomic mass is 19.1. The number of nitrogens with one attached hydrogen (secondary N) is 1. The fraction of sp³-hybridized carbons (Fsp3) is 0.269. The summed E-state index contributed by atoms with van der Waals surface area (Å²) >= 11 is 0. The smallest absolute Gasteiger partial charge is 0.256 e. The summed E-state index contributed by atoms with van der Waals surface area (Å²) in [4.78, 5) is 22.0. The first-order valence-corrected chi connectivity index (χ1v) is 11.1. The molecule has 2 aromatic carbocycles. The zero-order chi connectivity index (χ0) is 22.1. The maximum atomic E-state index is 13.7. The number of aromatic nitrogens is 3. The standard InChI is InChI=1S/C26H25FN4O/c1-17-22(19-9-5-10-20(27)13-19)11-6-12-23(17)25(32)30-21-14-28-26-29-15-24(31(26)16-21)18-7-3-2-4-8-18/h5-6,9-16,18H,2-4,7-8H2,1H3,(H,30,32). The molecule has 1 aliphatic carbocycles. The van der Waals surface area contributed by atoms with Crippen molar-refractivity contribution in [2.75, 3.05) is 5.32 Å². The van der Waals surface area contributed by atoms with Crippen molar-refractivity contribution in [1.29, 1.82) is 0 Å². The molecule has 1 saturated carbocycles. The Kier molecular flexibility index (Phi) is 5.43. The van der Waals surface area contributed by atoms with Gasteiger partial charge >= 0.3 is 0 Å². The van der Waals surface area contributed by atoms with Crippen molar-refractivity contribution in [1.82, 2.24) is 14.4 Å². The summed E-state index contributed by atoms with van der Waals surface area (Å²) in [5.74, 6) is 0.607. The maximum absolute atomic E-state index is 13.7. The number of carbonyl (C=O) groups excluding carboxylic acids is 1. The van der Waals surface area contributed by atoms with E-state index in [0.29, 0.717) is 22.9 Å². The molecule has 1 N–H and O–H groups in total. The Morgan fingerprint density at radius 1 is 1.06 bits per heavy atom. The molecule has 2 heterocycles. The average molecular weight is 429 g/mol. The second-order valence-electron chi connectivity index (χ2n) is 8.47. The van der Waals surface area contributed by atoms with Crippen LogP contribution in [0.5, 0.6) is 0 Å². The van der Waals surface area contributed by atoms with Gasteiger partial charge < -0.3 is 5.32 Å². The van der Waals surface area contributed by atoms with Crippen LogP contribution in [-0.4, -0.2) is 20.3 Å². The lowest BCUT2D eigenvalue weighted by Gasteiger charge is -2.21. The fourth-order valence-electron chi connectivity index (χ4n) is 4.71. The van der Waals surface area contributed by atoms with Gasteiger partial charge in [0.1, 0.15) is 5.82 Å². The third-order valence-electron chi connectivity index (χ3n) is 6.39. The van der Waals surface area contributed by atoms with Crippen LogP contribution in [0.1, 0.15) is 59.6 Å². The molecule has 0 unspecified atom stereocenters. The van der Waals surface area contributed by atoms with Gasteiger partial charge in [0.25, 0.3) is 5.91 Å². The number of imidazole rings is 1. The van der Waals surface area contributed by atoms with E-state index in [1.54, 1.807) is 18.3 Å². The topological polar surface area (TPSA) is 59.3 Å². The maximum Gasteiger partial charge on any atom is 0.256 e. The molecule has 1 fully saturated rings. The van der Waals surface area contributed by atoms with Gasteiger partial charge in [0, 0.05) is 23.4 Å². The minimum absolute atomic E-state index is 0.221. The molecule has 1 aliphatic rings. The first-order valence-electron chi connectivity index (χ1n) is 11.1. The van der Waals surface area contributed by atoms with E-state index in [4.69, 9.17) is 0 Å². The zero-order valence-electron chi connectivity index (χ0n) is 18.0. The van der Waals surface area contributed by atoms with Crippen LogP contribution in [-0.2, 0) is 0 Å². The van der Waals surface area contributed by atoms with E-state index >= 15 is 0 Å². The Hall–Kier alpha value is -3.54. The Labute approximate surface area is 186 Å². The predicted molar refractivity (Wildman–Crippen MR) is 123 cm³/mol. The molecule has 0 bridgehead atoms. The number of anilines is 1. The molecule has 32 heavy (non-hydrogen) atoms. The Bertz CT molecular complexity index is 1290. The normalized spacial score (nSPS) is 14.6. The molecule has 5 rings (SSSR count). The summed E-state index contributed by atoms with van der Waals surface area (Å²) in [5, 5.41) is 2.98. The molecular formula is C26H25FN4O. The van der Waals surface area contributed by atoms with E-state index in [0.717, 1.165) is 35.2 Å². The molecule has 5 nitrogen and oxygen atoms in total. The number of fused-ring (bicyclic) bond motifs is 1. The van der Waals surface area contributed by atoms with Crippen LogP contribution in [0.2, 0.25) is 0 Å². The second-order valence-corrected chi connectivity index (χ2v) is 8.47.